The second-order valence-electron chi connectivity index (χ2n) is 5.90. The Morgan fingerprint density at radius 1 is 0.909 bits per heavy atom. The Bertz CT molecular complexity index is 773. The molecule has 0 fully saturated rings. The molecule has 0 bridgehead atoms. The Morgan fingerprint density at radius 2 is 1.45 bits per heavy atom. The highest BCUT2D eigenvalue weighted by Crippen LogP contribution is 2.31. The van der Waals surface area contributed by atoms with E-state index in [2.05, 4.69) is 19.2 Å². The lowest BCUT2D eigenvalue weighted by Gasteiger charge is -2.30. The molecule has 112 valence electrons. The number of hydrogen-bond donors (Lipinski definition) is 1. The molecule has 22 heavy (non-hydrogen) atoms. The number of carbonyl (C=O) groups is 2. The van der Waals surface area contributed by atoms with E-state index in [0.717, 1.165) is 12.0 Å². The zero-order chi connectivity index (χ0) is 15.9. The van der Waals surface area contributed by atoms with Gasteiger partial charge in [0.25, 0.3) is 0 Å². The first-order chi connectivity index (χ1) is 10.5. The molecule has 1 unspecified atom stereocenters. The van der Waals surface area contributed by atoms with Crippen LogP contribution >= 0.6 is 0 Å². The first-order valence-corrected chi connectivity index (χ1v) is 7.53. The van der Waals surface area contributed by atoms with Gasteiger partial charge in [-0.2, -0.15) is 0 Å². The van der Waals surface area contributed by atoms with Crippen molar-refractivity contribution in [1.29, 1.82) is 0 Å². The summed E-state index contributed by atoms with van der Waals surface area (Å²) >= 11 is 0. The molecule has 0 radical (unpaired) electrons. The predicted octanol–water partition coefficient (Wildman–Crippen LogP) is 3.31. The molecule has 0 aromatic heterocycles. The third kappa shape index (κ3) is 2.01. The standard InChI is InChI=1S/C19H19NO2/c1-4-19(2,20-3)12-9-10-15-16(11-12)18(22)14-8-6-5-7-13(14)17(15)21/h5-11,20H,4H2,1-3H3. The van der Waals surface area contributed by atoms with Gasteiger partial charge < -0.3 is 5.32 Å². The maximum Gasteiger partial charge on any atom is 0.194 e. The summed E-state index contributed by atoms with van der Waals surface area (Å²) in [6.45, 7) is 4.19. The Balaban J connectivity index is 2.18. The summed E-state index contributed by atoms with van der Waals surface area (Å²) in [6, 6.07) is 12.6. The number of benzene rings is 2. The fraction of sp³-hybridized carbons (Fsp3) is 0.263. The molecule has 0 saturated carbocycles. The van der Waals surface area contributed by atoms with E-state index in [0.29, 0.717) is 22.3 Å². The molecule has 3 heteroatoms. The van der Waals surface area contributed by atoms with Crippen molar-refractivity contribution in [3.8, 4) is 0 Å². The van der Waals surface area contributed by atoms with Gasteiger partial charge in [0.15, 0.2) is 11.6 Å². The van der Waals surface area contributed by atoms with Gasteiger partial charge in [0, 0.05) is 27.8 Å². The molecular formula is C19H19NO2. The van der Waals surface area contributed by atoms with Crippen molar-refractivity contribution in [1.82, 2.24) is 5.32 Å². The largest absolute Gasteiger partial charge is 0.311 e. The van der Waals surface area contributed by atoms with E-state index in [4.69, 9.17) is 0 Å². The molecule has 0 saturated heterocycles. The number of nitrogens with one attached hydrogen (secondary N) is 1. The van der Waals surface area contributed by atoms with E-state index in [1.165, 1.54) is 0 Å². The van der Waals surface area contributed by atoms with E-state index in [-0.39, 0.29) is 17.1 Å². The SMILES string of the molecule is CCC(C)(NC)c1ccc2c(c1)C(=O)c1ccccc1C2=O. The summed E-state index contributed by atoms with van der Waals surface area (Å²) < 4.78 is 0. The molecule has 1 aliphatic rings. The van der Waals surface area contributed by atoms with Crippen LogP contribution in [-0.4, -0.2) is 18.6 Å². The van der Waals surface area contributed by atoms with Crippen LogP contribution in [0, 0.1) is 0 Å². The Hall–Kier alpha value is -2.26. The number of ketones is 2. The second kappa shape index (κ2) is 5.18. The normalized spacial score (nSPS) is 16.0. The molecule has 2 aromatic carbocycles. The van der Waals surface area contributed by atoms with Crippen molar-refractivity contribution in [2.45, 2.75) is 25.8 Å². The molecule has 3 rings (SSSR count). The maximum absolute atomic E-state index is 12.7. The molecule has 3 nitrogen and oxygen atoms in total. The van der Waals surface area contributed by atoms with E-state index in [9.17, 15) is 9.59 Å². The lowest BCUT2D eigenvalue weighted by molar-refractivity contribution is 0.0979. The summed E-state index contributed by atoms with van der Waals surface area (Å²) in [5.41, 5.74) is 2.82. The minimum Gasteiger partial charge on any atom is -0.311 e. The van der Waals surface area contributed by atoms with Crippen molar-refractivity contribution in [2.24, 2.45) is 0 Å². The molecule has 1 aliphatic carbocycles. The third-order valence-corrected chi connectivity index (χ3v) is 4.82. The zero-order valence-electron chi connectivity index (χ0n) is 13.1. The third-order valence-electron chi connectivity index (χ3n) is 4.82. The average Bonchev–Trinajstić information content (AvgIpc) is 2.58. The molecule has 2 aromatic rings. The molecule has 1 N–H and O–H groups in total. The van der Waals surface area contributed by atoms with Crippen LogP contribution in [0.4, 0.5) is 0 Å². The summed E-state index contributed by atoms with van der Waals surface area (Å²) in [5, 5.41) is 3.30. The smallest absolute Gasteiger partial charge is 0.194 e. The van der Waals surface area contributed by atoms with Crippen LogP contribution in [0.25, 0.3) is 0 Å². The minimum absolute atomic E-state index is 0.0680. The second-order valence-corrected chi connectivity index (χ2v) is 5.90. The number of carbonyl (C=O) groups excluding carboxylic acids is 2. The van der Waals surface area contributed by atoms with Gasteiger partial charge in [0.05, 0.1) is 0 Å². The van der Waals surface area contributed by atoms with Crippen molar-refractivity contribution in [3.63, 3.8) is 0 Å². The number of fused-ring (bicyclic) bond motifs is 2. The summed E-state index contributed by atoms with van der Waals surface area (Å²) in [5.74, 6) is -0.138. The van der Waals surface area contributed by atoms with E-state index in [1.54, 1.807) is 30.3 Å². The molecule has 0 heterocycles. The van der Waals surface area contributed by atoms with Gasteiger partial charge in [-0.15, -0.1) is 0 Å². The summed E-state index contributed by atoms with van der Waals surface area (Å²) in [6.07, 6.45) is 0.890. The monoisotopic (exact) mass is 293 g/mol. The highest BCUT2D eigenvalue weighted by Gasteiger charge is 2.31. The van der Waals surface area contributed by atoms with Gasteiger partial charge in [-0.05, 0) is 38.1 Å². The van der Waals surface area contributed by atoms with Crippen LogP contribution in [0.1, 0.15) is 57.7 Å². The van der Waals surface area contributed by atoms with Gasteiger partial charge >= 0.3 is 0 Å². The molecule has 0 aliphatic heterocycles. The van der Waals surface area contributed by atoms with Crippen LogP contribution < -0.4 is 5.32 Å². The molecule has 1 atom stereocenters. The Labute approximate surface area is 130 Å². The number of rotatable bonds is 3. The van der Waals surface area contributed by atoms with Gasteiger partial charge in [0.1, 0.15) is 0 Å². The van der Waals surface area contributed by atoms with Crippen molar-refractivity contribution in [3.05, 3.63) is 70.3 Å². The van der Waals surface area contributed by atoms with E-state index >= 15 is 0 Å². The summed E-state index contributed by atoms with van der Waals surface area (Å²) in [7, 11) is 1.91. The molecule has 0 amide bonds. The highest BCUT2D eigenvalue weighted by molar-refractivity contribution is 6.28. The fourth-order valence-corrected chi connectivity index (χ4v) is 2.97. The average molecular weight is 293 g/mol. The first-order valence-electron chi connectivity index (χ1n) is 7.53. The lowest BCUT2D eigenvalue weighted by atomic mass is 9.80. The fourth-order valence-electron chi connectivity index (χ4n) is 2.97. The van der Waals surface area contributed by atoms with Crippen LogP contribution in [0.2, 0.25) is 0 Å². The minimum atomic E-state index is -0.213. The van der Waals surface area contributed by atoms with E-state index < -0.39 is 0 Å². The lowest BCUT2D eigenvalue weighted by Crippen LogP contribution is -2.36. The number of hydrogen-bond acceptors (Lipinski definition) is 3. The summed E-state index contributed by atoms with van der Waals surface area (Å²) in [4.78, 5) is 25.3. The highest BCUT2D eigenvalue weighted by atomic mass is 16.1. The Kier molecular flexibility index (Phi) is 3.45. The van der Waals surface area contributed by atoms with Crippen LogP contribution in [-0.2, 0) is 5.54 Å². The first kappa shape index (κ1) is 14.7. The van der Waals surface area contributed by atoms with Crippen molar-refractivity contribution < 1.29 is 9.59 Å². The van der Waals surface area contributed by atoms with Crippen LogP contribution in [0.5, 0.6) is 0 Å². The van der Waals surface area contributed by atoms with Gasteiger partial charge in [-0.25, -0.2) is 0 Å². The quantitative estimate of drug-likeness (QED) is 0.806. The van der Waals surface area contributed by atoms with E-state index in [1.807, 2.05) is 19.2 Å². The van der Waals surface area contributed by atoms with Gasteiger partial charge in [0.2, 0.25) is 0 Å². The van der Waals surface area contributed by atoms with Gasteiger partial charge in [-0.3, -0.25) is 9.59 Å². The predicted molar refractivity (Wildman–Crippen MR) is 86.5 cm³/mol. The van der Waals surface area contributed by atoms with Crippen LogP contribution in [0.3, 0.4) is 0 Å². The topological polar surface area (TPSA) is 46.2 Å². The maximum atomic E-state index is 12.7. The zero-order valence-corrected chi connectivity index (χ0v) is 13.1. The Morgan fingerprint density at radius 3 is 2.00 bits per heavy atom. The molecular weight excluding hydrogens is 274 g/mol. The van der Waals surface area contributed by atoms with Crippen molar-refractivity contribution >= 4 is 11.6 Å². The molecule has 0 spiro atoms. The van der Waals surface area contributed by atoms with Crippen molar-refractivity contribution in [2.75, 3.05) is 7.05 Å². The van der Waals surface area contributed by atoms with Gasteiger partial charge in [-0.1, -0.05) is 37.3 Å². The van der Waals surface area contributed by atoms with Crippen LogP contribution in [0.15, 0.2) is 42.5 Å².